The Labute approximate surface area is 519 Å². The lowest BCUT2D eigenvalue weighted by Gasteiger charge is -2.20. The maximum Gasteiger partial charge on any atom is 0.0998 e. The van der Waals surface area contributed by atoms with Crippen LogP contribution >= 0.6 is 0 Å². The van der Waals surface area contributed by atoms with Gasteiger partial charge in [0.05, 0.1) is 102 Å². The normalized spacial score (nSPS) is 11.3. The number of benzene rings is 10. The molecule has 6 aromatic heterocycles. The zero-order chi connectivity index (χ0) is 60.1. The summed E-state index contributed by atoms with van der Waals surface area (Å²) in [6, 6.07) is 109. The Balaban J connectivity index is 1.02. The summed E-state index contributed by atoms with van der Waals surface area (Å²) in [5.41, 5.74) is 22.1. The highest BCUT2D eigenvalue weighted by atomic mass is 15.1. The van der Waals surface area contributed by atoms with Crippen molar-refractivity contribution in [3.63, 3.8) is 0 Å². The molecule has 10 aromatic carbocycles. The topological polar surface area (TPSA) is 109 Å². The van der Waals surface area contributed by atoms with Crippen molar-refractivity contribution >= 4 is 43.6 Å². The number of aromatic nitrogens is 6. The molecule has 8 heteroatoms. The van der Waals surface area contributed by atoms with Crippen LogP contribution in [0.5, 0.6) is 0 Å². The lowest BCUT2D eigenvalue weighted by molar-refractivity contribution is 1.09. The minimum atomic E-state index is 0.437. The molecule has 0 N–H and O–H groups in total. The van der Waals surface area contributed by atoms with Crippen molar-refractivity contribution in [3.05, 3.63) is 314 Å². The van der Waals surface area contributed by atoms with Crippen LogP contribution in [0.4, 0.5) is 0 Å². The monoisotopic (exact) mass is 1150 g/mol. The molecule has 0 aliphatic carbocycles. The largest absolute Gasteiger partial charge is 0.307 e. The van der Waals surface area contributed by atoms with Gasteiger partial charge in [0, 0.05) is 71.6 Å². The molecule has 418 valence electrons. The van der Waals surface area contributed by atoms with Crippen LogP contribution < -0.4 is 0 Å². The molecule has 0 saturated heterocycles. The van der Waals surface area contributed by atoms with E-state index in [0.717, 1.165) is 151 Å². The zero-order valence-electron chi connectivity index (χ0n) is 48.4. The third kappa shape index (κ3) is 9.51. The number of pyridine rings is 4. The van der Waals surface area contributed by atoms with Crippen LogP contribution in [0.3, 0.4) is 0 Å². The van der Waals surface area contributed by atoms with Crippen molar-refractivity contribution in [2.24, 2.45) is 0 Å². The average molecular weight is 1150 g/mol. The van der Waals surface area contributed by atoms with Crippen molar-refractivity contribution in [2.45, 2.75) is 0 Å². The predicted molar refractivity (Wildman–Crippen MR) is 365 cm³/mol. The van der Waals surface area contributed by atoms with Gasteiger partial charge in [0.1, 0.15) is 0 Å². The Morgan fingerprint density at radius 2 is 0.522 bits per heavy atom. The van der Waals surface area contributed by atoms with E-state index in [1.165, 1.54) is 0 Å². The van der Waals surface area contributed by atoms with Crippen molar-refractivity contribution in [1.29, 1.82) is 10.5 Å². The van der Waals surface area contributed by atoms with Crippen LogP contribution in [0.15, 0.2) is 303 Å². The van der Waals surface area contributed by atoms with Gasteiger partial charge in [-0.2, -0.15) is 10.5 Å². The molecule has 16 aromatic rings. The maximum atomic E-state index is 11.6. The van der Waals surface area contributed by atoms with Crippen molar-refractivity contribution in [2.75, 3.05) is 0 Å². The Morgan fingerprint density at radius 3 is 0.833 bits per heavy atom. The number of hydrogen-bond donors (Lipinski definition) is 0. The fourth-order valence-corrected chi connectivity index (χ4v) is 12.7. The first kappa shape index (κ1) is 52.9. The number of nitrogens with zero attached hydrogens (tertiary/aromatic N) is 8. The van der Waals surface area contributed by atoms with Gasteiger partial charge in [0.15, 0.2) is 0 Å². The number of rotatable bonds is 11. The van der Waals surface area contributed by atoms with Crippen LogP contribution in [0.2, 0.25) is 0 Å². The molecule has 0 spiro atoms. The fourth-order valence-electron chi connectivity index (χ4n) is 12.7. The predicted octanol–water partition coefficient (Wildman–Crippen LogP) is 20.2. The first-order valence-electron chi connectivity index (χ1n) is 29.9. The van der Waals surface area contributed by atoms with E-state index in [2.05, 4.69) is 221 Å². The Bertz CT molecular complexity index is 5280. The van der Waals surface area contributed by atoms with E-state index in [4.69, 9.17) is 19.9 Å². The van der Waals surface area contributed by atoms with Crippen molar-refractivity contribution in [1.82, 2.24) is 29.1 Å². The van der Waals surface area contributed by atoms with Crippen molar-refractivity contribution in [3.8, 4) is 125 Å². The number of hydrogen-bond acceptors (Lipinski definition) is 6. The summed E-state index contributed by atoms with van der Waals surface area (Å²) in [5, 5.41) is 26.1. The summed E-state index contributed by atoms with van der Waals surface area (Å²) in [7, 11) is 0. The SMILES string of the molecule is N#Cc1cccc(-c2cc(-n3c4cc(-c5cccc(-c6ccccc6)n5)ccc4c4ccc(-c5cccc(-c6ccccc6)n5)cc43)c(-n3c4cc(-c5cccc(-c6ccccc6)n5)ccc4c4ccc(-c5cccc(-c6ccccc6)n5)cc43)cc2C#N)c1. The molecule has 0 fully saturated rings. The molecular weight excluding hydrogens is 1100 g/mol. The first-order valence-corrected chi connectivity index (χ1v) is 29.9. The summed E-state index contributed by atoms with van der Waals surface area (Å²) in [6.45, 7) is 0. The Hall–Kier alpha value is -12.6. The molecule has 6 heterocycles. The summed E-state index contributed by atoms with van der Waals surface area (Å²) in [6.07, 6.45) is 0. The minimum Gasteiger partial charge on any atom is -0.307 e. The molecule has 0 unspecified atom stereocenters. The van der Waals surface area contributed by atoms with Gasteiger partial charge in [0.2, 0.25) is 0 Å². The molecule has 90 heavy (non-hydrogen) atoms. The highest BCUT2D eigenvalue weighted by molar-refractivity contribution is 6.14. The average Bonchev–Trinajstić information content (AvgIpc) is 1.56. The quantitative estimate of drug-likeness (QED) is 0.128. The first-order chi connectivity index (χ1) is 44.5. The van der Waals surface area contributed by atoms with Gasteiger partial charge in [-0.15, -0.1) is 0 Å². The van der Waals surface area contributed by atoms with E-state index in [0.29, 0.717) is 16.7 Å². The lowest BCUT2D eigenvalue weighted by Crippen LogP contribution is -2.06. The standard InChI is InChI=1S/C82H50N8/c83-51-53-18-13-27-58(44-53)68-50-82(90-79-47-61(75-34-16-30-71(87-75)56-23-9-3-10-24-56)38-42-66(79)67-43-39-62(48-80(67)90)76-35-17-31-72(88-76)57-25-11-4-12-26-57)81(49-63(68)52-84)89-77-45-59(73-32-14-28-69(85-73)54-19-5-1-6-20-54)36-40-64(77)65-41-37-60(46-78(65)89)74-33-15-29-70(86-74)55-21-7-2-8-22-55/h1-50H. The summed E-state index contributed by atoms with van der Waals surface area (Å²) >= 11 is 0. The Morgan fingerprint density at radius 1 is 0.233 bits per heavy atom. The van der Waals surface area contributed by atoms with Gasteiger partial charge in [-0.3, -0.25) is 0 Å². The van der Waals surface area contributed by atoms with Crippen molar-refractivity contribution < 1.29 is 0 Å². The summed E-state index contributed by atoms with van der Waals surface area (Å²) < 4.78 is 4.68. The van der Waals surface area contributed by atoms with Crippen LogP contribution in [-0.4, -0.2) is 29.1 Å². The third-order valence-electron chi connectivity index (χ3n) is 17.0. The van der Waals surface area contributed by atoms with Crippen LogP contribution in [-0.2, 0) is 0 Å². The third-order valence-corrected chi connectivity index (χ3v) is 17.0. The van der Waals surface area contributed by atoms with Gasteiger partial charge in [-0.25, -0.2) is 19.9 Å². The number of fused-ring (bicyclic) bond motifs is 6. The second kappa shape index (κ2) is 22.3. The molecule has 8 nitrogen and oxygen atoms in total. The molecule has 0 aliphatic heterocycles. The minimum absolute atomic E-state index is 0.437. The molecule has 0 amide bonds. The van der Waals surface area contributed by atoms with E-state index in [1.54, 1.807) is 6.07 Å². The maximum absolute atomic E-state index is 11.6. The lowest BCUT2D eigenvalue weighted by atomic mass is 9.96. The van der Waals surface area contributed by atoms with E-state index >= 15 is 0 Å². The van der Waals surface area contributed by atoms with E-state index in [9.17, 15) is 10.5 Å². The second-order valence-corrected chi connectivity index (χ2v) is 22.4. The fraction of sp³-hybridized carbons (Fsp3) is 0. The molecule has 0 saturated carbocycles. The molecule has 0 radical (unpaired) electrons. The van der Waals surface area contributed by atoms with E-state index in [-0.39, 0.29) is 0 Å². The van der Waals surface area contributed by atoms with Crippen LogP contribution in [0, 0.1) is 22.7 Å². The highest BCUT2D eigenvalue weighted by Crippen LogP contribution is 2.44. The molecule has 0 bridgehead atoms. The summed E-state index contributed by atoms with van der Waals surface area (Å²) in [5.74, 6) is 0. The van der Waals surface area contributed by atoms with E-state index < -0.39 is 0 Å². The smallest absolute Gasteiger partial charge is 0.0998 e. The molecular formula is C82H50N8. The second-order valence-electron chi connectivity index (χ2n) is 22.4. The number of nitriles is 2. The summed E-state index contributed by atoms with van der Waals surface area (Å²) in [4.78, 5) is 21.2. The molecule has 16 rings (SSSR count). The molecule has 0 atom stereocenters. The van der Waals surface area contributed by atoms with Gasteiger partial charge in [-0.05, 0) is 103 Å². The zero-order valence-corrected chi connectivity index (χ0v) is 48.4. The van der Waals surface area contributed by atoms with Gasteiger partial charge in [0.25, 0.3) is 0 Å². The Kier molecular flexibility index (Phi) is 13.1. The van der Waals surface area contributed by atoms with Gasteiger partial charge in [-0.1, -0.05) is 206 Å². The van der Waals surface area contributed by atoms with E-state index in [1.807, 2.05) is 97.1 Å². The van der Waals surface area contributed by atoms with Crippen LogP contribution in [0.25, 0.3) is 156 Å². The van der Waals surface area contributed by atoms with Crippen LogP contribution in [0.1, 0.15) is 11.1 Å². The molecule has 0 aliphatic rings. The highest BCUT2D eigenvalue weighted by Gasteiger charge is 2.25. The van der Waals surface area contributed by atoms with Gasteiger partial charge < -0.3 is 9.13 Å². The van der Waals surface area contributed by atoms with Gasteiger partial charge >= 0.3 is 0 Å².